The van der Waals surface area contributed by atoms with Gasteiger partial charge in [-0.05, 0) is 43.2 Å². The molecule has 3 rings (SSSR count). The molecule has 2 aromatic rings. The van der Waals surface area contributed by atoms with Crippen LogP contribution < -0.4 is 19.7 Å². The molecule has 132 valence electrons. The number of carbonyl (C=O) groups is 1. The number of methoxy groups -OCH3 is 2. The number of anilines is 2. The molecule has 0 unspecified atom stereocenters. The molecule has 6 heteroatoms. The van der Waals surface area contributed by atoms with Crippen molar-refractivity contribution in [3.8, 4) is 11.5 Å². The fourth-order valence-corrected chi connectivity index (χ4v) is 3.08. The third kappa shape index (κ3) is 3.99. The van der Waals surface area contributed by atoms with Gasteiger partial charge in [0.25, 0.3) is 5.91 Å². The van der Waals surface area contributed by atoms with E-state index in [1.807, 2.05) is 18.2 Å². The molecule has 0 atom stereocenters. The van der Waals surface area contributed by atoms with Gasteiger partial charge >= 0.3 is 0 Å². The molecule has 1 aliphatic rings. The maximum absolute atomic E-state index is 12.6. The summed E-state index contributed by atoms with van der Waals surface area (Å²) in [6.07, 6.45) is 2.38. The Kier molecular flexibility index (Phi) is 5.34. The molecule has 0 aromatic heterocycles. The molecule has 0 aliphatic carbocycles. The Balaban J connectivity index is 1.84. The molecule has 1 saturated heterocycles. The van der Waals surface area contributed by atoms with Gasteiger partial charge in [-0.2, -0.15) is 0 Å². The summed E-state index contributed by atoms with van der Waals surface area (Å²) in [5.74, 6) is 0.848. The van der Waals surface area contributed by atoms with Gasteiger partial charge in [0.15, 0.2) is 0 Å². The molecule has 2 aromatic carbocycles. The summed E-state index contributed by atoms with van der Waals surface area (Å²) in [4.78, 5) is 14.9. The van der Waals surface area contributed by atoms with Crippen LogP contribution in [0.15, 0.2) is 36.4 Å². The van der Waals surface area contributed by atoms with Gasteiger partial charge in [0, 0.05) is 30.4 Å². The Bertz CT molecular complexity index is 751. The van der Waals surface area contributed by atoms with Crippen LogP contribution in [0.25, 0.3) is 0 Å². The van der Waals surface area contributed by atoms with Gasteiger partial charge in [0.2, 0.25) is 0 Å². The maximum atomic E-state index is 12.6. The smallest absolute Gasteiger partial charge is 0.255 e. The number of nitrogens with one attached hydrogen (secondary N) is 1. The Morgan fingerprint density at radius 1 is 1.04 bits per heavy atom. The zero-order valence-electron chi connectivity index (χ0n) is 14.3. The van der Waals surface area contributed by atoms with E-state index in [2.05, 4.69) is 10.2 Å². The van der Waals surface area contributed by atoms with Gasteiger partial charge in [0.1, 0.15) is 11.5 Å². The van der Waals surface area contributed by atoms with Crippen LogP contribution in [-0.4, -0.2) is 33.2 Å². The highest BCUT2D eigenvalue weighted by atomic mass is 35.5. The van der Waals surface area contributed by atoms with Crippen molar-refractivity contribution in [2.24, 2.45) is 0 Å². The lowest BCUT2D eigenvalue weighted by atomic mass is 10.1. The number of rotatable bonds is 5. The number of halogens is 1. The molecule has 1 N–H and O–H groups in total. The topological polar surface area (TPSA) is 50.8 Å². The first kappa shape index (κ1) is 17.4. The fraction of sp³-hybridized carbons (Fsp3) is 0.316. The van der Waals surface area contributed by atoms with Crippen LogP contribution in [0.2, 0.25) is 5.02 Å². The van der Waals surface area contributed by atoms with Crippen LogP contribution in [0.3, 0.4) is 0 Å². The maximum Gasteiger partial charge on any atom is 0.255 e. The molecule has 0 spiro atoms. The van der Waals surface area contributed by atoms with E-state index in [0.717, 1.165) is 18.8 Å². The summed E-state index contributed by atoms with van der Waals surface area (Å²) in [7, 11) is 3.10. The number of nitrogens with zero attached hydrogens (tertiary/aromatic N) is 1. The van der Waals surface area contributed by atoms with Crippen LogP contribution in [-0.2, 0) is 0 Å². The number of hydrogen-bond acceptors (Lipinski definition) is 4. The first-order valence-corrected chi connectivity index (χ1v) is 8.57. The van der Waals surface area contributed by atoms with E-state index < -0.39 is 0 Å². The second kappa shape index (κ2) is 7.66. The SMILES string of the molecule is COc1cc(OC)cc(C(=O)Nc2cc(N3CCCC3)ccc2Cl)c1. The fourth-order valence-electron chi connectivity index (χ4n) is 2.91. The number of hydrogen-bond donors (Lipinski definition) is 1. The van der Waals surface area contributed by atoms with Crippen LogP contribution in [0.5, 0.6) is 11.5 Å². The predicted octanol–water partition coefficient (Wildman–Crippen LogP) is 4.21. The van der Waals surface area contributed by atoms with E-state index in [9.17, 15) is 4.79 Å². The lowest BCUT2D eigenvalue weighted by Crippen LogP contribution is -2.18. The van der Waals surface area contributed by atoms with Gasteiger partial charge in [-0.3, -0.25) is 4.79 Å². The minimum atomic E-state index is -0.266. The summed E-state index contributed by atoms with van der Waals surface area (Å²) in [6, 6.07) is 10.8. The Morgan fingerprint density at radius 3 is 2.28 bits per heavy atom. The highest BCUT2D eigenvalue weighted by Crippen LogP contribution is 2.30. The standard InChI is InChI=1S/C19H21ClN2O3/c1-24-15-9-13(10-16(12-15)25-2)19(23)21-18-11-14(5-6-17(18)20)22-7-3-4-8-22/h5-6,9-12H,3-4,7-8H2,1-2H3,(H,21,23). The molecule has 1 aliphatic heterocycles. The van der Waals surface area contributed by atoms with Gasteiger partial charge in [-0.25, -0.2) is 0 Å². The van der Waals surface area contributed by atoms with Crippen LogP contribution in [0.1, 0.15) is 23.2 Å². The van der Waals surface area contributed by atoms with Crippen molar-refractivity contribution in [3.05, 3.63) is 47.0 Å². The summed E-state index contributed by atoms with van der Waals surface area (Å²) in [6.45, 7) is 2.06. The molecule has 0 saturated carbocycles. The Hall–Kier alpha value is -2.40. The lowest BCUT2D eigenvalue weighted by molar-refractivity contribution is 0.102. The van der Waals surface area contributed by atoms with E-state index in [1.54, 1.807) is 32.4 Å². The number of benzene rings is 2. The summed E-state index contributed by atoms with van der Waals surface area (Å²) >= 11 is 6.27. The molecule has 5 nitrogen and oxygen atoms in total. The van der Waals surface area contributed by atoms with E-state index >= 15 is 0 Å². The van der Waals surface area contributed by atoms with Crippen LogP contribution >= 0.6 is 11.6 Å². The highest BCUT2D eigenvalue weighted by molar-refractivity contribution is 6.34. The number of amides is 1. The molecule has 1 heterocycles. The van der Waals surface area contributed by atoms with Gasteiger partial charge in [-0.15, -0.1) is 0 Å². The third-order valence-corrected chi connectivity index (χ3v) is 4.61. The first-order valence-electron chi connectivity index (χ1n) is 8.19. The third-order valence-electron chi connectivity index (χ3n) is 4.28. The van der Waals surface area contributed by atoms with Crippen molar-refractivity contribution in [3.63, 3.8) is 0 Å². The molecule has 25 heavy (non-hydrogen) atoms. The van der Waals surface area contributed by atoms with Gasteiger partial charge in [-0.1, -0.05) is 11.6 Å². The van der Waals surface area contributed by atoms with E-state index in [0.29, 0.717) is 27.8 Å². The predicted molar refractivity (Wildman–Crippen MR) is 100 cm³/mol. The number of carbonyl (C=O) groups excluding carboxylic acids is 1. The minimum absolute atomic E-state index is 0.266. The summed E-state index contributed by atoms with van der Waals surface area (Å²) in [5.41, 5.74) is 2.11. The molecule has 0 radical (unpaired) electrons. The van der Waals surface area contributed by atoms with Crippen molar-refractivity contribution in [2.75, 3.05) is 37.5 Å². The monoisotopic (exact) mass is 360 g/mol. The van der Waals surface area contributed by atoms with Crippen molar-refractivity contribution in [1.82, 2.24) is 0 Å². The Morgan fingerprint density at radius 2 is 1.68 bits per heavy atom. The Labute approximate surface area is 152 Å². The quantitative estimate of drug-likeness (QED) is 0.867. The van der Waals surface area contributed by atoms with Gasteiger partial charge in [0.05, 0.1) is 24.9 Å². The first-order chi connectivity index (χ1) is 12.1. The average molecular weight is 361 g/mol. The van der Waals surface area contributed by atoms with Crippen molar-refractivity contribution in [1.29, 1.82) is 0 Å². The summed E-state index contributed by atoms with van der Waals surface area (Å²) in [5, 5.41) is 3.39. The number of ether oxygens (including phenoxy) is 2. The molecule has 0 bridgehead atoms. The molecule has 1 fully saturated rings. The second-order valence-corrected chi connectivity index (χ2v) is 6.32. The van der Waals surface area contributed by atoms with E-state index in [-0.39, 0.29) is 5.91 Å². The summed E-state index contributed by atoms with van der Waals surface area (Å²) < 4.78 is 10.4. The minimum Gasteiger partial charge on any atom is -0.497 e. The van der Waals surface area contributed by atoms with E-state index in [1.165, 1.54) is 12.8 Å². The highest BCUT2D eigenvalue weighted by Gasteiger charge is 2.16. The average Bonchev–Trinajstić information content (AvgIpc) is 3.17. The normalized spacial score (nSPS) is 13.6. The van der Waals surface area contributed by atoms with Crippen LogP contribution in [0.4, 0.5) is 11.4 Å². The largest absolute Gasteiger partial charge is 0.497 e. The van der Waals surface area contributed by atoms with Crippen molar-refractivity contribution in [2.45, 2.75) is 12.8 Å². The molecular formula is C19H21ClN2O3. The molecular weight excluding hydrogens is 340 g/mol. The lowest BCUT2D eigenvalue weighted by Gasteiger charge is -2.19. The van der Waals surface area contributed by atoms with Gasteiger partial charge < -0.3 is 19.7 Å². The molecule has 1 amide bonds. The second-order valence-electron chi connectivity index (χ2n) is 5.91. The van der Waals surface area contributed by atoms with E-state index in [4.69, 9.17) is 21.1 Å². The van der Waals surface area contributed by atoms with Crippen LogP contribution in [0, 0.1) is 0 Å². The zero-order chi connectivity index (χ0) is 17.8. The van der Waals surface area contributed by atoms with Crippen molar-refractivity contribution >= 4 is 28.9 Å². The van der Waals surface area contributed by atoms with Crippen molar-refractivity contribution < 1.29 is 14.3 Å². The zero-order valence-corrected chi connectivity index (χ0v) is 15.1.